The Bertz CT molecular complexity index is 324. The molecule has 0 saturated heterocycles. The van der Waals surface area contributed by atoms with Crippen LogP contribution in [0.15, 0.2) is 0 Å². The second-order valence-electron chi connectivity index (χ2n) is 7.45. The van der Waals surface area contributed by atoms with Crippen molar-refractivity contribution in [3.8, 4) is 0 Å². The van der Waals surface area contributed by atoms with Gasteiger partial charge < -0.3 is 20.2 Å². The normalized spacial score (nSPS) is 11.3. The van der Waals surface area contributed by atoms with Crippen LogP contribution in [0.2, 0.25) is 0 Å². The smallest absolute Gasteiger partial charge is 0.395 e. The number of hydrogen-bond acceptors (Lipinski definition) is 4. The van der Waals surface area contributed by atoms with Gasteiger partial charge in [0.2, 0.25) is 0 Å². The highest BCUT2D eigenvalue weighted by atomic mass is 31.2. The fourth-order valence-corrected chi connectivity index (χ4v) is 3.31. The first-order chi connectivity index (χ1) is 13.5. The summed E-state index contributed by atoms with van der Waals surface area (Å²) in [6, 6.07) is 0. The van der Waals surface area contributed by atoms with Crippen LogP contribution < -0.4 is 5.32 Å². The molecule has 0 aromatic rings. The third-order valence-electron chi connectivity index (χ3n) is 4.62. The van der Waals surface area contributed by atoms with E-state index in [0.717, 1.165) is 19.3 Å². The maximum Gasteiger partial charge on any atom is 0.469 e. The van der Waals surface area contributed by atoms with Gasteiger partial charge in [-0.15, -0.1) is 0 Å². The van der Waals surface area contributed by atoms with Crippen molar-refractivity contribution >= 4 is 7.82 Å². The zero-order valence-corrected chi connectivity index (χ0v) is 19.4. The highest BCUT2D eigenvalue weighted by molar-refractivity contribution is 7.46. The first kappa shape index (κ1) is 30.2. The van der Waals surface area contributed by atoms with E-state index >= 15 is 0 Å². The Balaban J connectivity index is 0. The van der Waals surface area contributed by atoms with E-state index in [1.807, 2.05) is 0 Å². The summed E-state index contributed by atoms with van der Waals surface area (Å²) in [7, 11) is -2.45. The Morgan fingerprint density at radius 2 is 1.07 bits per heavy atom. The zero-order chi connectivity index (χ0) is 21.3. The lowest BCUT2D eigenvalue weighted by Crippen LogP contribution is -2.10. The number of aliphatic hydroxyl groups is 1. The summed E-state index contributed by atoms with van der Waals surface area (Å²) in [6.07, 6.45) is 20.7. The largest absolute Gasteiger partial charge is 0.469 e. The number of unbranched alkanes of at least 4 members (excludes halogenated alkanes) is 15. The van der Waals surface area contributed by atoms with E-state index in [1.165, 1.54) is 83.5 Å². The van der Waals surface area contributed by atoms with E-state index in [1.54, 1.807) is 7.05 Å². The molecule has 0 spiro atoms. The number of phosphoric ester groups is 1. The van der Waals surface area contributed by atoms with Crippen LogP contribution in [0.4, 0.5) is 0 Å². The summed E-state index contributed by atoms with van der Waals surface area (Å²) in [5, 5.41) is 10.8. The van der Waals surface area contributed by atoms with Crippen LogP contribution in [0.5, 0.6) is 0 Å². The summed E-state index contributed by atoms with van der Waals surface area (Å²) in [5.74, 6) is 0. The fourth-order valence-electron chi connectivity index (χ4n) is 2.95. The average molecular weight is 426 g/mol. The maximum atomic E-state index is 10.5. The highest BCUT2D eigenvalue weighted by Crippen LogP contribution is 2.35. The van der Waals surface area contributed by atoms with Crippen molar-refractivity contribution in [2.45, 2.75) is 110 Å². The van der Waals surface area contributed by atoms with Crippen molar-refractivity contribution < 1.29 is 24.0 Å². The number of likely N-dealkylation sites (N-methyl/N-ethyl adjacent to an activating group) is 1. The van der Waals surface area contributed by atoms with Crippen molar-refractivity contribution in [2.75, 3.05) is 26.8 Å². The predicted octanol–water partition coefficient (Wildman–Crippen LogP) is 5.56. The lowest BCUT2D eigenvalue weighted by atomic mass is 10.0. The third-order valence-corrected chi connectivity index (χ3v) is 5.14. The molecule has 0 fully saturated rings. The SMILES string of the molecule is CCCCCCCCCCCCCCCCCCOP(=O)(O)O.CNCCO. The summed E-state index contributed by atoms with van der Waals surface area (Å²) in [6.45, 7) is 3.36. The van der Waals surface area contributed by atoms with E-state index in [0.29, 0.717) is 6.54 Å². The minimum atomic E-state index is -4.26. The zero-order valence-electron chi connectivity index (χ0n) is 18.5. The number of phosphoric acid groups is 1. The molecule has 0 atom stereocenters. The molecule has 0 rings (SSSR count). The van der Waals surface area contributed by atoms with Gasteiger partial charge in [0.1, 0.15) is 0 Å². The highest BCUT2D eigenvalue weighted by Gasteiger charge is 2.12. The van der Waals surface area contributed by atoms with Gasteiger partial charge in [-0.25, -0.2) is 4.57 Å². The molecule has 0 bridgehead atoms. The number of aliphatic hydroxyl groups excluding tert-OH is 1. The number of hydrogen-bond donors (Lipinski definition) is 4. The van der Waals surface area contributed by atoms with Gasteiger partial charge in [0.15, 0.2) is 0 Å². The number of nitrogens with one attached hydrogen (secondary N) is 1. The van der Waals surface area contributed by atoms with Crippen molar-refractivity contribution in [1.29, 1.82) is 0 Å². The second kappa shape index (κ2) is 25.1. The molecule has 7 heteroatoms. The van der Waals surface area contributed by atoms with Gasteiger partial charge in [-0.05, 0) is 13.5 Å². The molecule has 0 aliphatic carbocycles. The van der Waals surface area contributed by atoms with Crippen molar-refractivity contribution in [2.24, 2.45) is 0 Å². The Morgan fingerprint density at radius 1 is 0.714 bits per heavy atom. The van der Waals surface area contributed by atoms with Crippen molar-refractivity contribution in [3.05, 3.63) is 0 Å². The molecule has 0 aromatic heterocycles. The molecule has 0 radical (unpaired) electrons. The first-order valence-electron chi connectivity index (χ1n) is 11.4. The topological polar surface area (TPSA) is 99.0 Å². The lowest BCUT2D eigenvalue weighted by molar-refractivity contribution is 0.193. The maximum absolute atomic E-state index is 10.5. The van der Waals surface area contributed by atoms with Crippen LogP contribution in [0.25, 0.3) is 0 Å². The molecule has 0 aromatic carbocycles. The van der Waals surface area contributed by atoms with E-state index in [4.69, 9.17) is 14.9 Å². The Labute approximate surface area is 174 Å². The minimum Gasteiger partial charge on any atom is -0.395 e. The van der Waals surface area contributed by atoms with E-state index in [-0.39, 0.29) is 13.2 Å². The van der Waals surface area contributed by atoms with E-state index in [2.05, 4.69) is 16.8 Å². The molecule has 28 heavy (non-hydrogen) atoms. The first-order valence-corrected chi connectivity index (χ1v) is 13.0. The Morgan fingerprint density at radius 3 is 1.32 bits per heavy atom. The lowest BCUT2D eigenvalue weighted by Gasteiger charge is -2.05. The molecule has 0 aliphatic rings. The predicted molar refractivity (Wildman–Crippen MR) is 119 cm³/mol. The fraction of sp³-hybridized carbons (Fsp3) is 1.00. The van der Waals surface area contributed by atoms with Crippen LogP contribution in [-0.2, 0) is 9.09 Å². The van der Waals surface area contributed by atoms with Gasteiger partial charge in [-0.2, -0.15) is 0 Å². The van der Waals surface area contributed by atoms with Crippen molar-refractivity contribution in [1.82, 2.24) is 5.32 Å². The van der Waals surface area contributed by atoms with Crippen LogP contribution >= 0.6 is 7.82 Å². The summed E-state index contributed by atoms with van der Waals surface area (Å²) < 4.78 is 14.9. The van der Waals surface area contributed by atoms with Gasteiger partial charge in [-0.3, -0.25) is 4.52 Å². The van der Waals surface area contributed by atoms with Gasteiger partial charge in [0.05, 0.1) is 13.2 Å². The Kier molecular flexibility index (Phi) is 27.1. The molecular formula is C21H48NO5P. The quantitative estimate of drug-likeness (QED) is 0.151. The van der Waals surface area contributed by atoms with Crippen LogP contribution in [-0.4, -0.2) is 41.7 Å². The van der Waals surface area contributed by atoms with Gasteiger partial charge in [-0.1, -0.05) is 103 Å². The monoisotopic (exact) mass is 425 g/mol. The molecular weight excluding hydrogens is 377 g/mol. The molecule has 4 N–H and O–H groups in total. The van der Waals surface area contributed by atoms with E-state index < -0.39 is 7.82 Å². The average Bonchev–Trinajstić information content (AvgIpc) is 2.64. The van der Waals surface area contributed by atoms with Gasteiger partial charge in [0.25, 0.3) is 0 Å². The summed E-state index contributed by atoms with van der Waals surface area (Å²) in [4.78, 5) is 17.1. The van der Waals surface area contributed by atoms with Crippen LogP contribution in [0, 0.1) is 0 Å². The molecule has 6 nitrogen and oxygen atoms in total. The molecule has 172 valence electrons. The summed E-state index contributed by atoms with van der Waals surface area (Å²) >= 11 is 0. The minimum absolute atomic E-state index is 0.169. The molecule has 0 unspecified atom stereocenters. The van der Waals surface area contributed by atoms with Gasteiger partial charge >= 0.3 is 7.82 Å². The molecule has 0 amide bonds. The second-order valence-corrected chi connectivity index (χ2v) is 8.69. The molecule has 0 aliphatic heterocycles. The van der Waals surface area contributed by atoms with Crippen LogP contribution in [0.1, 0.15) is 110 Å². The van der Waals surface area contributed by atoms with E-state index in [9.17, 15) is 4.57 Å². The molecule has 0 saturated carbocycles. The van der Waals surface area contributed by atoms with Gasteiger partial charge in [0, 0.05) is 6.54 Å². The molecule has 0 heterocycles. The van der Waals surface area contributed by atoms with Crippen molar-refractivity contribution in [3.63, 3.8) is 0 Å². The Hall–Kier alpha value is 0.0300. The number of rotatable bonds is 20. The van der Waals surface area contributed by atoms with Crippen LogP contribution in [0.3, 0.4) is 0 Å². The summed E-state index contributed by atoms with van der Waals surface area (Å²) in [5.41, 5.74) is 0. The third kappa shape index (κ3) is 33.6. The standard InChI is InChI=1S/C18H39O4P.C3H9NO/c1-2-3-4-5-6-7-8-9-10-11-12-13-14-15-16-17-18-22-23(19,20)21;1-4-2-3-5/h2-18H2,1H3,(H2,19,20,21);4-5H,2-3H2,1H3.